The monoisotopic (exact) mass is 346 g/mol. The van der Waals surface area contributed by atoms with E-state index in [2.05, 4.69) is 36.1 Å². The lowest BCUT2D eigenvalue weighted by Gasteiger charge is -2.35. The predicted molar refractivity (Wildman–Crippen MR) is 99.6 cm³/mol. The lowest BCUT2D eigenvalue weighted by molar-refractivity contribution is 0.0139. The van der Waals surface area contributed by atoms with Crippen molar-refractivity contribution >= 4 is 27.5 Å². The molecule has 24 heavy (non-hydrogen) atoms. The fourth-order valence-corrected chi connectivity index (χ4v) is 4.25. The standard InChI is InChI=1S/C19H26N2O2S/c1-14-15-7-5-6-8-16(15)24-17(14)13-20-9-11-21(12-10-20)18(22)23-19(2,3)4/h5-8H,9-13H2,1-4H3. The number of piperazine rings is 1. The minimum absolute atomic E-state index is 0.194. The molecule has 130 valence electrons. The molecule has 1 aliphatic heterocycles. The molecule has 1 aromatic heterocycles. The number of carbonyl (C=O) groups is 1. The summed E-state index contributed by atoms with van der Waals surface area (Å²) in [5.74, 6) is 0. The van der Waals surface area contributed by atoms with E-state index in [0.717, 1.165) is 32.7 Å². The van der Waals surface area contributed by atoms with Crippen molar-refractivity contribution in [2.24, 2.45) is 0 Å². The minimum Gasteiger partial charge on any atom is -0.444 e. The average Bonchev–Trinajstić information content (AvgIpc) is 2.83. The van der Waals surface area contributed by atoms with E-state index in [0.29, 0.717) is 0 Å². The van der Waals surface area contributed by atoms with Crippen LogP contribution in [0.4, 0.5) is 4.79 Å². The highest BCUT2D eigenvalue weighted by Gasteiger charge is 2.26. The third-order valence-electron chi connectivity index (χ3n) is 4.33. The third kappa shape index (κ3) is 3.90. The highest BCUT2D eigenvalue weighted by atomic mass is 32.1. The molecule has 1 saturated heterocycles. The molecule has 0 unspecified atom stereocenters. The number of benzene rings is 1. The molecule has 3 rings (SSSR count). The van der Waals surface area contributed by atoms with Gasteiger partial charge >= 0.3 is 6.09 Å². The quantitative estimate of drug-likeness (QED) is 0.814. The normalized spacial score (nSPS) is 16.6. The summed E-state index contributed by atoms with van der Waals surface area (Å²) in [7, 11) is 0. The van der Waals surface area contributed by atoms with E-state index >= 15 is 0 Å². The summed E-state index contributed by atoms with van der Waals surface area (Å²) in [4.78, 5) is 17.8. The van der Waals surface area contributed by atoms with Crippen molar-refractivity contribution in [2.75, 3.05) is 26.2 Å². The summed E-state index contributed by atoms with van der Waals surface area (Å²) in [6, 6.07) is 8.59. The molecule has 2 heterocycles. The SMILES string of the molecule is Cc1c(CN2CCN(C(=O)OC(C)(C)C)CC2)sc2ccccc12. The van der Waals surface area contributed by atoms with E-state index < -0.39 is 5.60 Å². The summed E-state index contributed by atoms with van der Waals surface area (Å²) >= 11 is 1.89. The highest BCUT2D eigenvalue weighted by molar-refractivity contribution is 7.19. The molecule has 1 aromatic carbocycles. The van der Waals surface area contributed by atoms with Gasteiger partial charge in [0.1, 0.15) is 5.60 Å². The Morgan fingerprint density at radius 2 is 1.83 bits per heavy atom. The molecule has 0 radical (unpaired) electrons. The van der Waals surface area contributed by atoms with Crippen LogP contribution in [0.15, 0.2) is 24.3 Å². The van der Waals surface area contributed by atoms with Gasteiger partial charge in [-0.25, -0.2) is 4.79 Å². The first-order chi connectivity index (χ1) is 11.3. The van der Waals surface area contributed by atoms with Crippen molar-refractivity contribution < 1.29 is 9.53 Å². The molecule has 0 bridgehead atoms. The Balaban J connectivity index is 1.59. The Bertz CT molecular complexity index is 725. The molecule has 0 N–H and O–H groups in total. The first-order valence-electron chi connectivity index (χ1n) is 8.51. The maximum Gasteiger partial charge on any atom is 0.410 e. The molecule has 1 aliphatic rings. The average molecular weight is 346 g/mol. The van der Waals surface area contributed by atoms with Crippen LogP contribution in [-0.2, 0) is 11.3 Å². The van der Waals surface area contributed by atoms with Gasteiger partial charge in [0.05, 0.1) is 0 Å². The molecule has 4 nitrogen and oxygen atoms in total. The van der Waals surface area contributed by atoms with Crippen LogP contribution in [0.1, 0.15) is 31.2 Å². The predicted octanol–water partition coefficient (Wildman–Crippen LogP) is 4.26. The Labute approximate surface area is 148 Å². The topological polar surface area (TPSA) is 32.8 Å². The second kappa shape index (κ2) is 6.73. The van der Waals surface area contributed by atoms with Crippen molar-refractivity contribution in [3.05, 3.63) is 34.7 Å². The molecule has 0 atom stereocenters. The van der Waals surface area contributed by atoms with Gasteiger partial charge in [-0.15, -0.1) is 11.3 Å². The second-order valence-electron chi connectivity index (χ2n) is 7.39. The Morgan fingerprint density at radius 1 is 1.17 bits per heavy atom. The molecule has 2 aromatic rings. The van der Waals surface area contributed by atoms with Crippen molar-refractivity contribution in [1.29, 1.82) is 0 Å². The van der Waals surface area contributed by atoms with Gasteiger partial charge in [-0.05, 0) is 44.7 Å². The van der Waals surface area contributed by atoms with Crippen LogP contribution in [0, 0.1) is 6.92 Å². The number of fused-ring (bicyclic) bond motifs is 1. The molecule has 1 amide bonds. The maximum absolute atomic E-state index is 12.1. The maximum atomic E-state index is 12.1. The van der Waals surface area contributed by atoms with Crippen LogP contribution in [0.5, 0.6) is 0 Å². The van der Waals surface area contributed by atoms with E-state index in [1.807, 2.05) is 37.0 Å². The van der Waals surface area contributed by atoms with E-state index in [9.17, 15) is 4.79 Å². The largest absolute Gasteiger partial charge is 0.444 e. The smallest absolute Gasteiger partial charge is 0.410 e. The van der Waals surface area contributed by atoms with Crippen molar-refractivity contribution in [3.63, 3.8) is 0 Å². The number of aryl methyl sites for hydroxylation is 1. The van der Waals surface area contributed by atoms with E-state index in [4.69, 9.17) is 4.74 Å². The van der Waals surface area contributed by atoms with Crippen LogP contribution >= 0.6 is 11.3 Å². The molecule has 5 heteroatoms. The molecule has 1 fully saturated rings. The second-order valence-corrected chi connectivity index (χ2v) is 8.53. The van der Waals surface area contributed by atoms with Crippen LogP contribution in [0.25, 0.3) is 10.1 Å². The number of hydrogen-bond donors (Lipinski definition) is 0. The van der Waals surface area contributed by atoms with Gasteiger partial charge in [-0.2, -0.15) is 0 Å². The number of amides is 1. The summed E-state index contributed by atoms with van der Waals surface area (Å²) in [5, 5.41) is 1.37. The van der Waals surface area contributed by atoms with Gasteiger partial charge < -0.3 is 9.64 Å². The zero-order valence-electron chi connectivity index (χ0n) is 15.0. The van der Waals surface area contributed by atoms with Gasteiger partial charge in [0.15, 0.2) is 0 Å². The molecular formula is C19H26N2O2S. The van der Waals surface area contributed by atoms with Crippen LogP contribution in [0.3, 0.4) is 0 Å². The van der Waals surface area contributed by atoms with E-state index in [1.54, 1.807) is 0 Å². The Hall–Kier alpha value is -1.59. The number of rotatable bonds is 2. The van der Waals surface area contributed by atoms with Gasteiger partial charge in [0.25, 0.3) is 0 Å². The fourth-order valence-electron chi connectivity index (χ4n) is 2.99. The number of ether oxygens (including phenoxy) is 1. The number of thiophene rings is 1. The summed E-state index contributed by atoms with van der Waals surface area (Å²) < 4.78 is 6.82. The Kier molecular flexibility index (Phi) is 4.83. The number of carbonyl (C=O) groups excluding carboxylic acids is 1. The van der Waals surface area contributed by atoms with Gasteiger partial charge in [-0.1, -0.05) is 18.2 Å². The lowest BCUT2D eigenvalue weighted by atomic mass is 10.1. The third-order valence-corrected chi connectivity index (χ3v) is 5.59. The molecule has 0 saturated carbocycles. The minimum atomic E-state index is -0.428. The summed E-state index contributed by atoms with van der Waals surface area (Å²) in [6.45, 7) is 12.2. The van der Waals surface area contributed by atoms with Crippen molar-refractivity contribution in [2.45, 2.75) is 39.8 Å². The van der Waals surface area contributed by atoms with Crippen LogP contribution in [0.2, 0.25) is 0 Å². The molecule has 0 spiro atoms. The van der Waals surface area contributed by atoms with Crippen molar-refractivity contribution in [1.82, 2.24) is 9.80 Å². The molecular weight excluding hydrogens is 320 g/mol. The number of hydrogen-bond acceptors (Lipinski definition) is 4. The van der Waals surface area contributed by atoms with Gasteiger partial charge in [0, 0.05) is 42.3 Å². The van der Waals surface area contributed by atoms with E-state index in [-0.39, 0.29) is 6.09 Å². The number of nitrogens with zero attached hydrogens (tertiary/aromatic N) is 2. The first-order valence-corrected chi connectivity index (χ1v) is 9.32. The molecule has 0 aliphatic carbocycles. The summed E-state index contributed by atoms with van der Waals surface area (Å²) in [6.07, 6.45) is -0.194. The lowest BCUT2D eigenvalue weighted by Crippen LogP contribution is -2.49. The first kappa shape index (κ1) is 17.2. The Morgan fingerprint density at radius 3 is 2.46 bits per heavy atom. The van der Waals surface area contributed by atoms with Gasteiger partial charge in [0.2, 0.25) is 0 Å². The van der Waals surface area contributed by atoms with Crippen LogP contribution in [-0.4, -0.2) is 47.7 Å². The zero-order valence-corrected chi connectivity index (χ0v) is 15.8. The summed E-state index contributed by atoms with van der Waals surface area (Å²) in [5.41, 5.74) is 0.966. The van der Waals surface area contributed by atoms with Crippen molar-refractivity contribution in [3.8, 4) is 0 Å². The highest BCUT2D eigenvalue weighted by Crippen LogP contribution is 2.31. The van der Waals surface area contributed by atoms with Gasteiger partial charge in [-0.3, -0.25) is 4.90 Å². The van der Waals surface area contributed by atoms with E-state index in [1.165, 1.54) is 20.5 Å². The fraction of sp³-hybridized carbons (Fsp3) is 0.526. The zero-order chi connectivity index (χ0) is 17.3. The van der Waals surface area contributed by atoms with Crippen LogP contribution < -0.4 is 0 Å².